The van der Waals surface area contributed by atoms with Gasteiger partial charge in [-0.15, -0.1) is 0 Å². The Morgan fingerprint density at radius 2 is 1.86 bits per heavy atom. The lowest BCUT2D eigenvalue weighted by molar-refractivity contribution is 0.168. The van der Waals surface area contributed by atoms with E-state index in [1.165, 1.54) is 24.3 Å². The lowest BCUT2D eigenvalue weighted by Crippen LogP contribution is -2.32. The van der Waals surface area contributed by atoms with Gasteiger partial charge >= 0.3 is 6.09 Å². The number of hydrogen-bond donors (Lipinski definition) is 2. The lowest BCUT2D eigenvalue weighted by atomic mass is 10.2. The third-order valence-electron chi connectivity index (χ3n) is 2.76. The van der Waals surface area contributed by atoms with E-state index in [1.807, 2.05) is 13.8 Å². The van der Waals surface area contributed by atoms with Crippen molar-refractivity contribution in [1.82, 2.24) is 4.72 Å². The molecule has 0 fully saturated rings. The summed E-state index contributed by atoms with van der Waals surface area (Å²) in [6, 6.07) is 5.83. The molecule has 21 heavy (non-hydrogen) atoms. The first-order valence-corrected chi connectivity index (χ1v) is 8.43. The molecule has 0 aliphatic heterocycles. The van der Waals surface area contributed by atoms with Crippen LogP contribution in [0.3, 0.4) is 0 Å². The first kappa shape index (κ1) is 17.5. The van der Waals surface area contributed by atoms with Crippen LogP contribution in [0.2, 0.25) is 0 Å². The van der Waals surface area contributed by atoms with Crippen molar-refractivity contribution in [3.05, 3.63) is 24.3 Å². The summed E-state index contributed by atoms with van der Waals surface area (Å²) in [6.07, 6.45) is 1.12. The maximum absolute atomic E-state index is 12.1. The molecule has 0 aliphatic carbocycles. The molecule has 0 spiro atoms. The average Bonchev–Trinajstić information content (AvgIpc) is 2.39. The van der Waals surface area contributed by atoms with Crippen molar-refractivity contribution in [3.63, 3.8) is 0 Å². The predicted molar refractivity (Wildman–Crippen MR) is 81.8 cm³/mol. The molecule has 0 saturated heterocycles. The van der Waals surface area contributed by atoms with Crippen LogP contribution in [-0.4, -0.2) is 27.2 Å². The van der Waals surface area contributed by atoms with Crippen LogP contribution in [0.4, 0.5) is 10.5 Å². The van der Waals surface area contributed by atoms with Gasteiger partial charge < -0.3 is 4.74 Å². The Morgan fingerprint density at radius 3 is 2.38 bits per heavy atom. The molecule has 1 unspecified atom stereocenters. The SMILES string of the molecule is CCCC(C)NS(=O)(=O)c1ccc(NC(=O)OCC)cc1. The molecule has 0 aliphatic rings. The maximum Gasteiger partial charge on any atom is 0.411 e. The van der Waals surface area contributed by atoms with Gasteiger partial charge in [-0.1, -0.05) is 13.3 Å². The van der Waals surface area contributed by atoms with Gasteiger partial charge in [0.05, 0.1) is 11.5 Å². The number of carbonyl (C=O) groups is 1. The molecule has 2 N–H and O–H groups in total. The number of nitrogens with one attached hydrogen (secondary N) is 2. The molecular formula is C14H22N2O4S. The van der Waals surface area contributed by atoms with Gasteiger partial charge in [-0.3, -0.25) is 5.32 Å². The van der Waals surface area contributed by atoms with Gasteiger partial charge in [0.1, 0.15) is 0 Å². The molecule has 1 amide bonds. The highest BCUT2D eigenvalue weighted by Crippen LogP contribution is 2.15. The summed E-state index contributed by atoms with van der Waals surface area (Å²) in [6.45, 7) is 5.81. The first-order chi connectivity index (χ1) is 9.89. The van der Waals surface area contributed by atoms with Crippen LogP contribution in [0.5, 0.6) is 0 Å². The second kappa shape index (κ2) is 7.99. The molecule has 1 rings (SSSR count). The monoisotopic (exact) mass is 314 g/mol. The number of sulfonamides is 1. The van der Waals surface area contributed by atoms with E-state index in [4.69, 9.17) is 4.74 Å². The highest BCUT2D eigenvalue weighted by atomic mass is 32.2. The van der Waals surface area contributed by atoms with Gasteiger partial charge in [-0.25, -0.2) is 17.9 Å². The smallest absolute Gasteiger partial charge is 0.411 e. The Morgan fingerprint density at radius 1 is 1.24 bits per heavy atom. The van der Waals surface area contributed by atoms with E-state index in [0.29, 0.717) is 5.69 Å². The van der Waals surface area contributed by atoms with Gasteiger partial charge in [0.25, 0.3) is 0 Å². The largest absolute Gasteiger partial charge is 0.450 e. The molecule has 0 radical (unpaired) electrons. The van der Waals surface area contributed by atoms with Crippen LogP contribution in [0, 0.1) is 0 Å². The molecule has 1 atom stereocenters. The number of carbonyl (C=O) groups excluding carboxylic acids is 1. The Hall–Kier alpha value is -1.60. The molecule has 7 heteroatoms. The fourth-order valence-electron chi connectivity index (χ4n) is 1.83. The summed E-state index contributed by atoms with van der Waals surface area (Å²) < 4.78 is 31.6. The van der Waals surface area contributed by atoms with Crippen molar-refractivity contribution >= 4 is 21.8 Å². The lowest BCUT2D eigenvalue weighted by Gasteiger charge is -2.13. The maximum atomic E-state index is 12.1. The zero-order valence-electron chi connectivity index (χ0n) is 12.5. The third-order valence-corrected chi connectivity index (χ3v) is 4.37. The molecule has 1 aromatic carbocycles. The van der Waals surface area contributed by atoms with Crippen molar-refractivity contribution in [2.75, 3.05) is 11.9 Å². The van der Waals surface area contributed by atoms with Gasteiger partial charge in [-0.2, -0.15) is 0 Å². The molecule has 0 bridgehead atoms. The number of anilines is 1. The minimum atomic E-state index is -3.53. The molecule has 0 heterocycles. The number of benzene rings is 1. The van der Waals surface area contributed by atoms with Crippen LogP contribution in [0.15, 0.2) is 29.2 Å². The Labute approximate surface area is 125 Å². The van der Waals surface area contributed by atoms with E-state index < -0.39 is 16.1 Å². The summed E-state index contributed by atoms with van der Waals surface area (Å²) in [4.78, 5) is 11.4. The number of amides is 1. The Balaban J connectivity index is 2.74. The van der Waals surface area contributed by atoms with E-state index >= 15 is 0 Å². The van der Waals surface area contributed by atoms with Gasteiger partial charge in [0, 0.05) is 11.7 Å². The van der Waals surface area contributed by atoms with Crippen LogP contribution in [0.25, 0.3) is 0 Å². The number of ether oxygens (including phenoxy) is 1. The van der Waals surface area contributed by atoms with E-state index in [0.717, 1.165) is 12.8 Å². The summed E-state index contributed by atoms with van der Waals surface area (Å²) in [7, 11) is -3.53. The second-order valence-corrected chi connectivity index (χ2v) is 6.39. The zero-order valence-corrected chi connectivity index (χ0v) is 13.4. The number of rotatable bonds is 7. The Bertz CT molecular complexity index is 555. The van der Waals surface area contributed by atoms with Crippen LogP contribution in [0.1, 0.15) is 33.6 Å². The predicted octanol–water partition coefficient (Wildman–Crippen LogP) is 2.72. The van der Waals surface area contributed by atoms with Crippen molar-refractivity contribution in [2.45, 2.75) is 44.6 Å². The summed E-state index contributed by atoms with van der Waals surface area (Å²) in [5, 5.41) is 2.51. The zero-order chi connectivity index (χ0) is 15.9. The minimum absolute atomic E-state index is 0.114. The fourth-order valence-corrected chi connectivity index (χ4v) is 3.11. The molecule has 118 valence electrons. The van der Waals surface area contributed by atoms with Gasteiger partial charge in [0.2, 0.25) is 10.0 Å². The van der Waals surface area contributed by atoms with Crippen LogP contribution >= 0.6 is 0 Å². The standard InChI is InChI=1S/C14H22N2O4S/c1-4-6-11(3)16-21(18,19)13-9-7-12(8-10-13)15-14(17)20-5-2/h7-11,16H,4-6H2,1-3H3,(H,15,17). The average molecular weight is 314 g/mol. The van der Waals surface area contributed by atoms with E-state index in [9.17, 15) is 13.2 Å². The van der Waals surface area contributed by atoms with Crippen LogP contribution in [-0.2, 0) is 14.8 Å². The quantitative estimate of drug-likeness (QED) is 0.810. The highest BCUT2D eigenvalue weighted by Gasteiger charge is 2.16. The topological polar surface area (TPSA) is 84.5 Å². The minimum Gasteiger partial charge on any atom is -0.450 e. The first-order valence-electron chi connectivity index (χ1n) is 6.95. The second-order valence-electron chi connectivity index (χ2n) is 4.68. The molecule has 6 nitrogen and oxygen atoms in total. The van der Waals surface area contributed by atoms with Gasteiger partial charge in [0.15, 0.2) is 0 Å². The van der Waals surface area contributed by atoms with E-state index in [2.05, 4.69) is 10.0 Å². The van der Waals surface area contributed by atoms with Crippen molar-refractivity contribution in [3.8, 4) is 0 Å². The molecule has 1 aromatic rings. The summed E-state index contributed by atoms with van der Waals surface area (Å²) in [5.74, 6) is 0. The molecule has 0 aromatic heterocycles. The summed E-state index contributed by atoms with van der Waals surface area (Å²) >= 11 is 0. The van der Waals surface area contributed by atoms with Gasteiger partial charge in [-0.05, 0) is 44.5 Å². The normalized spacial score (nSPS) is 12.7. The van der Waals surface area contributed by atoms with Crippen LogP contribution < -0.4 is 10.0 Å². The number of hydrogen-bond acceptors (Lipinski definition) is 4. The van der Waals surface area contributed by atoms with E-state index in [1.54, 1.807) is 6.92 Å². The van der Waals surface area contributed by atoms with E-state index in [-0.39, 0.29) is 17.5 Å². The van der Waals surface area contributed by atoms with Crippen molar-refractivity contribution in [1.29, 1.82) is 0 Å². The highest BCUT2D eigenvalue weighted by molar-refractivity contribution is 7.89. The van der Waals surface area contributed by atoms with Crippen molar-refractivity contribution < 1.29 is 17.9 Å². The molecular weight excluding hydrogens is 292 g/mol. The Kier molecular flexibility index (Phi) is 6.64. The van der Waals surface area contributed by atoms with Crippen molar-refractivity contribution in [2.24, 2.45) is 0 Å². The molecule has 0 saturated carbocycles. The fraction of sp³-hybridized carbons (Fsp3) is 0.500. The third kappa shape index (κ3) is 5.73. The summed E-state index contributed by atoms with van der Waals surface area (Å²) in [5.41, 5.74) is 0.481.